The number of hydrogen-bond acceptors (Lipinski definition) is 2. The molecule has 0 radical (unpaired) electrons. The number of nitrogens with zero attached hydrogens (tertiary/aromatic N) is 1. The molecule has 0 bridgehead atoms. The molecule has 0 amide bonds. The van der Waals surface area contributed by atoms with Crippen LogP contribution >= 0.6 is 0 Å². The minimum atomic E-state index is 0.244. The van der Waals surface area contributed by atoms with Crippen molar-refractivity contribution in [2.24, 2.45) is 5.73 Å². The monoisotopic (exact) mass is 210 g/mol. The molecule has 1 aromatic heterocycles. The van der Waals surface area contributed by atoms with Gasteiger partial charge in [0, 0.05) is 38.0 Å². The fourth-order valence-electron chi connectivity index (χ4n) is 1.58. The van der Waals surface area contributed by atoms with Gasteiger partial charge in [-0.1, -0.05) is 6.92 Å². The molecule has 86 valence electrons. The summed E-state index contributed by atoms with van der Waals surface area (Å²) in [4.78, 5) is 0. The van der Waals surface area contributed by atoms with E-state index in [2.05, 4.69) is 36.7 Å². The van der Waals surface area contributed by atoms with E-state index in [1.54, 1.807) is 7.11 Å². The van der Waals surface area contributed by atoms with Crippen LogP contribution in [0.25, 0.3) is 0 Å². The van der Waals surface area contributed by atoms with Gasteiger partial charge in [0.2, 0.25) is 0 Å². The van der Waals surface area contributed by atoms with E-state index < -0.39 is 0 Å². The molecule has 1 heterocycles. The van der Waals surface area contributed by atoms with Crippen LogP contribution in [0.3, 0.4) is 0 Å². The van der Waals surface area contributed by atoms with Crippen LogP contribution in [0.5, 0.6) is 0 Å². The molecule has 3 nitrogen and oxygen atoms in total. The van der Waals surface area contributed by atoms with Crippen molar-refractivity contribution in [3.63, 3.8) is 0 Å². The van der Waals surface area contributed by atoms with Crippen molar-refractivity contribution in [1.82, 2.24) is 4.57 Å². The molecule has 15 heavy (non-hydrogen) atoms. The molecule has 2 N–H and O–H groups in total. The largest absolute Gasteiger partial charge is 0.380 e. The Morgan fingerprint density at radius 1 is 1.53 bits per heavy atom. The van der Waals surface area contributed by atoms with Gasteiger partial charge < -0.3 is 15.0 Å². The third-order valence-corrected chi connectivity index (χ3v) is 2.78. The second-order valence-corrected chi connectivity index (χ2v) is 4.07. The maximum Gasteiger partial charge on any atom is 0.0722 e. The molecule has 0 fully saturated rings. The molecular weight excluding hydrogens is 188 g/mol. The van der Waals surface area contributed by atoms with Crippen LogP contribution in [0.15, 0.2) is 18.3 Å². The zero-order valence-corrected chi connectivity index (χ0v) is 9.94. The van der Waals surface area contributed by atoms with Gasteiger partial charge in [-0.25, -0.2) is 0 Å². The van der Waals surface area contributed by atoms with Gasteiger partial charge in [-0.3, -0.25) is 0 Å². The lowest BCUT2D eigenvalue weighted by Crippen LogP contribution is -2.24. The average Bonchev–Trinajstić information content (AvgIpc) is 2.65. The van der Waals surface area contributed by atoms with E-state index in [4.69, 9.17) is 10.5 Å². The summed E-state index contributed by atoms with van der Waals surface area (Å²) in [5.74, 6) is 0. The Hall–Kier alpha value is -0.800. The van der Waals surface area contributed by atoms with Crippen LogP contribution in [0.1, 0.15) is 26.0 Å². The lowest BCUT2D eigenvalue weighted by Gasteiger charge is -2.15. The number of hydrogen-bond donors (Lipinski definition) is 1. The summed E-state index contributed by atoms with van der Waals surface area (Å²) in [5.41, 5.74) is 7.25. The summed E-state index contributed by atoms with van der Waals surface area (Å²) in [5, 5.41) is 0. The lowest BCUT2D eigenvalue weighted by atomic mass is 10.1. The highest BCUT2D eigenvalue weighted by atomic mass is 16.5. The van der Waals surface area contributed by atoms with Crippen molar-refractivity contribution < 1.29 is 4.74 Å². The van der Waals surface area contributed by atoms with Crippen LogP contribution in [0, 0.1) is 0 Å². The Kier molecular flexibility index (Phi) is 4.85. The van der Waals surface area contributed by atoms with Gasteiger partial charge in [-0.15, -0.1) is 0 Å². The smallest absolute Gasteiger partial charge is 0.0722 e. The fourth-order valence-corrected chi connectivity index (χ4v) is 1.58. The molecule has 0 aliphatic carbocycles. The molecule has 1 aromatic rings. The molecule has 2 unspecified atom stereocenters. The van der Waals surface area contributed by atoms with Gasteiger partial charge in [0.15, 0.2) is 0 Å². The van der Waals surface area contributed by atoms with Crippen molar-refractivity contribution in [2.75, 3.05) is 7.11 Å². The second kappa shape index (κ2) is 5.93. The topological polar surface area (TPSA) is 40.2 Å². The molecule has 3 heteroatoms. The number of methoxy groups -OCH3 is 1. The Morgan fingerprint density at radius 3 is 2.87 bits per heavy atom. The first-order chi connectivity index (χ1) is 7.17. The van der Waals surface area contributed by atoms with Crippen LogP contribution in [-0.4, -0.2) is 23.8 Å². The summed E-state index contributed by atoms with van der Waals surface area (Å²) in [7, 11) is 1.74. The molecular formula is C12H22N2O. The van der Waals surface area contributed by atoms with Gasteiger partial charge in [-0.05, 0) is 25.5 Å². The Balaban J connectivity index is 2.60. The Labute approximate surface area is 92.2 Å². The molecule has 1 rings (SSSR count). The molecule has 0 saturated heterocycles. The quantitative estimate of drug-likeness (QED) is 0.777. The first-order valence-corrected chi connectivity index (χ1v) is 5.59. The van der Waals surface area contributed by atoms with E-state index in [-0.39, 0.29) is 12.1 Å². The molecule has 0 spiro atoms. The summed E-state index contributed by atoms with van der Waals surface area (Å²) < 4.78 is 7.48. The minimum absolute atomic E-state index is 0.244. The van der Waals surface area contributed by atoms with E-state index >= 15 is 0 Å². The van der Waals surface area contributed by atoms with Crippen LogP contribution in [0.2, 0.25) is 0 Å². The predicted molar refractivity (Wildman–Crippen MR) is 62.9 cm³/mol. The third-order valence-electron chi connectivity index (χ3n) is 2.78. The highest BCUT2D eigenvalue weighted by Gasteiger charge is 2.08. The molecule has 0 aliphatic rings. The van der Waals surface area contributed by atoms with Crippen molar-refractivity contribution in [3.05, 3.63) is 24.0 Å². The maximum absolute atomic E-state index is 5.95. The van der Waals surface area contributed by atoms with Gasteiger partial charge in [0.1, 0.15) is 0 Å². The predicted octanol–water partition coefficient (Wildman–Crippen LogP) is 1.80. The lowest BCUT2D eigenvalue weighted by molar-refractivity contribution is 0.102. The van der Waals surface area contributed by atoms with Crippen LogP contribution in [0.4, 0.5) is 0 Å². The van der Waals surface area contributed by atoms with Crippen molar-refractivity contribution in [3.8, 4) is 0 Å². The molecule has 2 atom stereocenters. The zero-order valence-electron chi connectivity index (χ0n) is 9.94. The van der Waals surface area contributed by atoms with Gasteiger partial charge in [0.25, 0.3) is 0 Å². The Morgan fingerprint density at radius 2 is 2.27 bits per heavy atom. The van der Waals surface area contributed by atoms with E-state index in [0.29, 0.717) is 0 Å². The highest BCUT2D eigenvalue weighted by Crippen LogP contribution is 2.08. The van der Waals surface area contributed by atoms with Crippen molar-refractivity contribution in [2.45, 2.75) is 45.4 Å². The number of nitrogens with two attached hydrogens (primary N) is 1. The normalized spacial score (nSPS) is 15.2. The Bertz CT molecular complexity index is 256. The molecule has 0 aromatic carbocycles. The number of aromatic nitrogens is 1. The standard InChI is InChI=1S/C12H22N2O/c1-4-11(13)8-12-6-5-7-14(12)9-10(2)15-3/h5-7,10-11H,4,8-9,13H2,1-3H3. The van der Waals surface area contributed by atoms with Crippen LogP contribution in [-0.2, 0) is 17.7 Å². The van der Waals surface area contributed by atoms with Gasteiger partial charge >= 0.3 is 0 Å². The van der Waals surface area contributed by atoms with Crippen LogP contribution < -0.4 is 5.73 Å². The average molecular weight is 210 g/mol. The van der Waals surface area contributed by atoms with Gasteiger partial charge in [-0.2, -0.15) is 0 Å². The SMILES string of the molecule is CCC(N)Cc1cccn1CC(C)OC. The summed E-state index contributed by atoms with van der Waals surface area (Å²) in [6, 6.07) is 4.47. The minimum Gasteiger partial charge on any atom is -0.380 e. The van der Waals surface area contributed by atoms with Crippen molar-refractivity contribution >= 4 is 0 Å². The number of rotatable bonds is 6. The summed E-state index contributed by atoms with van der Waals surface area (Å²) in [6.07, 6.45) is 4.30. The molecule has 0 aliphatic heterocycles. The van der Waals surface area contributed by atoms with Gasteiger partial charge in [0.05, 0.1) is 6.10 Å². The van der Waals surface area contributed by atoms with E-state index in [9.17, 15) is 0 Å². The van der Waals surface area contributed by atoms with E-state index in [0.717, 1.165) is 19.4 Å². The highest BCUT2D eigenvalue weighted by molar-refractivity contribution is 5.08. The van der Waals surface area contributed by atoms with Crippen molar-refractivity contribution in [1.29, 1.82) is 0 Å². The second-order valence-electron chi connectivity index (χ2n) is 4.07. The van der Waals surface area contributed by atoms with E-state index in [1.165, 1.54) is 5.69 Å². The fraction of sp³-hybridized carbons (Fsp3) is 0.667. The number of ether oxygens (including phenoxy) is 1. The van der Waals surface area contributed by atoms with E-state index in [1.807, 2.05) is 0 Å². The first kappa shape index (κ1) is 12.3. The zero-order chi connectivity index (χ0) is 11.3. The summed E-state index contributed by atoms with van der Waals surface area (Å²) in [6.45, 7) is 5.09. The third kappa shape index (κ3) is 3.68. The summed E-state index contributed by atoms with van der Waals surface area (Å²) >= 11 is 0. The molecule has 0 saturated carbocycles. The first-order valence-electron chi connectivity index (χ1n) is 5.59. The maximum atomic E-state index is 5.95.